The van der Waals surface area contributed by atoms with Gasteiger partial charge < -0.3 is 0 Å². The number of piperidine rings is 1. The molecule has 0 radical (unpaired) electrons. The summed E-state index contributed by atoms with van der Waals surface area (Å²) in [6.07, 6.45) is 2.31. The van der Waals surface area contributed by atoms with Crippen molar-refractivity contribution in [2.45, 2.75) is 69.4 Å². The largest absolute Gasteiger partial charge is 0.296 e. The average Bonchev–Trinajstić information content (AvgIpc) is 3.15. The van der Waals surface area contributed by atoms with Gasteiger partial charge in [-0.1, -0.05) is 29.3 Å². The number of aromatic nitrogens is 1. The molecule has 0 spiro atoms. The SMILES string of the molecule is CN1C(C)(C)CC(c2nc3cc(Cl)ccc3s2)CC1(C)C.COS(=O)(=O)c1ccc(C)cc1. The molecule has 2 aromatic carbocycles. The quantitative estimate of drug-likeness (QED) is 0.371. The Hall–Kier alpha value is -1.51. The minimum atomic E-state index is -3.51. The second-order valence-electron chi connectivity index (χ2n) is 9.89. The number of fused-ring (bicyclic) bond motifs is 1. The summed E-state index contributed by atoms with van der Waals surface area (Å²) in [5, 5.41) is 2.03. The zero-order chi connectivity index (χ0) is 24.6. The molecule has 0 N–H and O–H groups in total. The molecule has 5 nitrogen and oxygen atoms in total. The molecule has 0 bridgehead atoms. The summed E-state index contributed by atoms with van der Waals surface area (Å²) in [6, 6.07) is 12.5. The Bertz CT molecular complexity index is 1200. The highest BCUT2D eigenvalue weighted by molar-refractivity contribution is 7.86. The van der Waals surface area contributed by atoms with E-state index in [1.165, 1.54) is 21.8 Å². The minimum Gasteiger partial charge on any atom is -0.296 e. The Labute approximate surface area is 206 Å². The van der Waals surface area contributed by atoms with Crippen molar-refractivity contribution in [2.24, 2.45) is 0 Å². The smallest absolute Gasteiger partial charge is 0.296 e. The van der Waals surface area contributed by atoms with Crippen molar-refractivity contribution in [3.8, 4) is 0 Å². The zero-order valence-corrected chi connectivity index (χ0v) is 22.7. The molecule has 8 heteroatoms. The standard InChI is InChI=1S/C17H23ClN2S.C8H10O3S/c1-16(2)9-11(10-17(3,4)20(16)5)15-19-13-8-12(18)6-7-14(13)21-15;1-7-3-5-8(6-4-7)12(9,10)11-2/h6-8,11H,9-10H2,1-5H3;3-6H,1-2H3. The Morgan fingerprint density at radius 3 is 2.18 bits per heavy atom. The van der Waals surface area contributed by atoms with E-state index < -0.39 is 10.1 Å². The summed E-state index contributed by atoms with van der Waals surface area (Å²) in [5.74, 6) is 0.530. The topological polar surface area (TPSA) is 59.5 Å². The first-order valence-corrected chi connectivity index (χ1v) is 13.5. The summed E-state index contributed by atoms with van der Waals surface area (Å²) in [4.78, 5) is 7.57. The number of aryl methyl sites for hydroxylation is 1. The summed E-state index contributed by atoms with van der Waals surface area (Å²) in [7, 11) is -0.123. The van der Waals surface area contributed by atoms with E-state index in [0.717, 1.165) is 36.1 Å². The van der Waals surface area contributed by atoms with E-state index in [1.54, 1.807) is 12.1 Å². The molecule has 0 unspecified atom stereocenters. The van der Waals surface area contributed by atoms with Gasteiger partial charge in [-0.25, -0.2) is 4.98 Å². The van der Waals surface area contributed by atoms with Crippen LogP contribution in [0, 0.1) is 6.92 Å². The second-order valence-corrected chi connectivity index (χ2v) is 13.1. The number of hydrogen-bond acceptors (Lipinski definition) is 6. The molecule has 2 heterocycles. The molecule has 1 aliphatic rings. The third kappa shape index (κ3) is 5.95. The van der Waals surface area contributed by atoms with Gasteiger partial charge in [-0.15, -0.1) is 11.3 Å². The zero-order valence-electron chi connectivity index (χ0n) is 20.3. The van der Waals surface area contributed by atoms with E-state index in [1.807, 2.05) is 30.4 Å². The van der Waals surface area contributed by atoms with E-state index in [0.29, 0.717) is 5.92 Å². The van der Waals surface area contributed by atoms with Crippen molar-refractivity contribution in [2.75, 3.05) is 14.2 Å². The molecule has 3 aromatic rings. The second kappa shape index (κ2) is 9.62. The lowest BCUT2D eigenvalue weighted by Gasteiger charge is -2.53. The van der Waals surface area contributed by atoms with Crippen LogP contribution in [0.15, 0.2) is 47.4 Å². The molecule has 0 saturated carbocycles. The predicted molar refractivity (Wildman–Crippen MR) is 138 cm³/mol. The third-order valence-electron chi connectivity index (χ3n) is 6.55. The fraction of sp³-hybridized carbons (Fsp3) is 0.480. The van der Waals surface area contributed by atoms with Crippen LogP contribution in [0.2, 0.25) is 5.02 Å². The Morgan fingerprint density at radius 2 is 1.64 bits per heavy atom. The van der Waals surface area contributed by atoms with E-state index in [2.05, 4.69) is 49.9 Å². The molecule has 33 heavy (non-hydrogen) atoms. The molecular weight excluding hydrogens is 476 g/mol. The molecule has 1 aromatic heterocycles. The van der Waals surface area contributed by atoms with Crippen molar-refractivity contribution < 1.29 is 12.6 Å². The van der Waals surface area contributed by atoms with Crippen molar-refractivity contribution in [1.29, 1.82) is 0 Å². The van der Waals surface area contributed by atoms with Crippen LogP contribution in [0.25, 0.3) is 10.2 Å². The van der Waals surface area contributed by atoms with Gasteiger partial charge in [-0.05, 0) is 84.8 Å². The maximum absolute atomic E-state index is 11.1. The Kier molecular flexibility index (Phi) is 7.61. The third-order valence-corrected chi connectivity index (χ3v) is 9.27. The molecule has 0 atom stereocenters. The maximum atomic E-state index is 11.1. The number of benzene rings is 2. The molecule has 1 fully saturated rings. The summed E-state index contributed by atoms with van der Waals surface area (Å²) in [5.41, 5.74) is 2.45. The van der Waals surface area contributed by atoms with E-state index in [4.69, 9.17) is 16.6 Å². The number of hydrogen-bond donors (Lipinski definition) is 0. The van der Waals surface area contributed by atoms with Gasteiger partial charge in [-0.2, -0.15) is 8.42 Å². The highest BCUT2D eigenvalue weighted by Crippen LogP contribution is 2.46. The normalized spacial score (nSPS) is 18.7. The Balaban J connectivity index is 0.000000218. The van der Waals surface area contributed by atoms with Crippen molar-refractivity contribution in [3.05, 3.63) is 58.1 Å². The van der Waals surface area contributed by atoms with E-state index >= 15 is 0 Å². The number of nitrogens with zero attached hydrogens (tertiary/aromatic N) is 2. The van der Waals surface area contributed by atoms with Gasteiger partial charge in [0.15, 0.2) is 0 Å². The van der Waals surface area contributed by atoms with Crippen molar-refractivity contribution >= 4 is 43.3 Å². The lowest BCUT2D eigenvalue weighted by Crippen LogP contribution is -2.58. The van der Waals surface area contributed by atoms with Crippen LogP contribution in [-0.4, -0.2) is 43.5 Å². The van der Waals surface area contributed by atoms with Gasteiger partial charge in [0.2, 0.25) is 0 Å². The molecular formula is C25H33ClN2O3S2. The molecule has 0 amide bonds. The van der Waals surface area contributed by atoms with Gasteiger partial charge >= 0.3 is 0 Å². The highest BCUT2D eigenvalue weighted by atomic mass is 35.5. The van der Waals surface area contributed by atoms with Crippen LogP contribution in [0.5, 0.6) is 0 Å². The lowest BCUT2D eigenvalue weighted by atomic mass is 9.74. The van der Waals surface area contributed by atoms with Crippen LogP contribution >= 0.6 is 22.9 Å². The molecule has 1 aliphatic heterocycles. The molecule has 0 aliphatic carbocycles. The lowest BCUT2D eigenvalue weighted by molar-refractivity contribution is -0.0128. The van der Waals surface area contributed by atoms with Crippen molar-refractivity contribution in [3.63, 3.8) is 0 Å². The van der Waals surface area contributed by atoms with Gasteiger partial charge in [0.05, 0.1) is 27.2 Å². The number of halogens is 1. The monoisotopic (exact) mass is 508 g/mol. The maximum Gasteiger partial charge on any atom is 0.296 e. The van der Waals surface area contributed by atoms with Crippen molar-refractivity contribution in [1.82, 2.24) is 9.88 Å². The summed E-state index contributed by atoms with van der Waals surface area (Å²) < 4.78 is 27.8. The predicted octanol–water partition coefficient (Wildman–Crippen LogP) is 6.65. The fourth-order valence-corrected chi connectivity index (χ4v) is 6.32. The highest BCUT2D eigenvalue weighted by Gasteiger charge is 2.44. The fourth-order valence-electron chi connectivity index (χ4n) is 4.44. The Morgan fingerprint density at radius 1 is 1.06 bits per heavy atom. The van der Waals surface area contributed by atoms with Crippen LogP contribution in [-0.2, 0) is 14.3 Å². The van der Waals surface area contributed by atoms with Crippen LogP contribution < -0.4 is 0 Å². The first-order valence-electron chi connectivity index (χ1n) is 10.9. The summed E-state index contributed by atoms with van der Waals surface area (Å²) in [6.45, 7) is 11.2. The van der Waals surface area contributed by atoms with E-state index in [9.17, 15) is 8.42 Å². The number of rotatable bonds is 3. The summed E-state index contributed by atoms with van der Waals surface area (Å²) >= 11 is 7.91. The first kappa shape index (κ1) is 26.1. The molecule has 4 rings (SSSR count). The van der Waals surface area contributed by atoms with E-state index in [-0.39, 0.29) is 16.0 Å². The van der Waals surface area contributed by atoms with Gasteiger partial charge in [0, 0.05) is 22.0 Å². The average molecular weight is 509 g/mol. The van der Waals surface area contributed by atoms with Crippen LogP contribution in [0.4, 0.5) is 0 Å². The first-order chi connectivity index (χ1) is 15.2. The molecule has 1 saturated heterocycles. The van der Waals surface area contributed by atoms with Gasteiger partial charge in [-0.3, -0.25) is 9.08 Å². The number of likely N-dealkylation sites (tertiary alicyclic amines) is 1. The van der Waals surface area contributed by atoms with Gasteiger partial charge in [0.1, 0.15) is 0 Å². The molecule has 180 valence electrons. The van der Waals surface area contributed by atoms with Gasteiger partial charge in [0.25, 0.3) is 10.1 Å². The van der Waals surface area contributed by atoms with Crippen LogP contribution in [0.3, 0.4) is 0 Å². The van der Waals surface area contributed by atoms with Crippen LogP contribution in [0.1, 0.15) is 57.0 Å². The number of thiazole rings is 1. The minimum absolute atomic E-state index is 0.190.